The summed E-state index contributed by atoms with van der Waals surface area (Å²) in [5.74, 6) is 4.62. The van der Waals surface area contributed by atoms with Gasteiger partial charge in [-0.2, -0.15) is 0 Å². The monoisotopic (exact) mass is 1190 g/mol. The van der Waals surface area contributed by atoms with Crippen LogP contribution in [0.4, 0.5) is 0 Å². The van der Waals surface area contributed by atoms with E-state index >= 15 is 0 Å². The summed E-state index contributed by atoms with van der Waals surface area (Å²) in [7, 11) is -13.6. The molecule has 0 saturated carbocycles. The summed E-state index contributed by atoms with van der Waals surface area (Å²) < 4.78 is 70.5. The number of fused-ring (bicyclic) bond motifs is 6. The Morgan fingerprint density at radius 3 is 0.512 bits per heavy atom. The molecule has 12 nitrogen and oxygen atoms in total. The number of aryl methyl sites for hydroxylation is 12. The topological polar surface area (TPSA) is 176 Å². The van der Waals surface area contributed by atoms with Gasteiger partial charge in [0.1, 0.15) is 34.5 Å². The van der Waals surface area contributed by atoms with E-state index in [-0.39, 0.29) is 17.4 Å². The third-order valence-electron chi connectivity index (χ3n) is 15.5. The molecule has 16 heteroatoms. The number of hydrogen-bond donors (Lipinski definition) is 0. The molecule has 0 unspecified atom stereocenters. The van der Waals surface area contributed by atoms with E-state index < -0.39 is 23.5 Å². The first kappa shape index (κ1) is 66.4. The minimum atomic E-state index is -4.53. The van der Waals surface area contributed by atoms with Gasteiger partial charge in [-0.15, -0.1) is 0 Å². The van der Waals surface area contributed by atoms with Gasteiger partial charge >= 0.3 is 40.8 Å². The van der Waals surface area contributed by atoms with Gasteiger partial charge in [-0.3, -0.25) is 0 Å². The van der Waals surface area contributed by atoms with Crippen molar-refractivity contribution in [1.29, 1.82) is 0 Å². The van der Waals surface area contributed by atoms with Crippen LogP contribution in [0, 0.1) is 41.5 Å². The van der Waals surface area contributed by atoms with Gasteiger partial charge in [-0.1, -0.05) is 156 Å². The van der Waals surface area contributed by atoms with Gasteiger partial charge in [0.15, 0.2) is 0 Å². The number of phosphoric ester groups is 3. The Hall–Kier alpha value is -4.78. The second kappa shape index (κ2) is 26.6. The van der Waals surface area contributed by atoms with Crippen LogP contribution in [-0.4, -0.2) is 17.4 Å². The average molecular weight is 1190 g/mol. The Kier molecular flexibility index (Phi) is 21.6. The second-order valence-corrected chi connectivity index (χ2v) is 28.1. The van der Waals surface area contributed by atoms with Crippen LogP contribution in [0.3, 0.4) is 0 Å². The molecule has 438 valence electrons. The maximum Gasteiger partial charge on any atom is 3.00 e. The normalized spacial score (nSPS) is 15.7. The molecule has 3 aliphatic rings. The summed E-state index contributed by atoms with van der Waals surface area (Å²) in [6.45, 7) is 36.9. The van der Waals surface area contributed by atoms with E-state index in [0.29, 0.717) is 109 Å². The molecule has 3 heterocycles. The van der Waals surface area contributed by atoms with Crippen LogP contribution in [0.1, 0.15) is 219 Å². The standard InChI is InChI=1S/3C22H29O4P.Al/c3*1-13(2)19-9-15(5)21-17(11-19)7-8-18-12-20(14(3)4)10-16(6)22(18)26-27(23,24)25-21;/h3*9-14H,7-8H2,1-6H3,(H,23,24);/q;;;+3/p-3. The van der Waals surface area contributed by atoms with Gasteiger partial charge < -0.3 is 41.8 Å². The zero-order valence-electron chi connectivity index (χ0n) is 51.5. The molecule has 0 aromatic heterocycles. The molecule has 9 rings (SSSR count). The summed E-state index contributed by atoms with van der Waals surface area (Å²) >= 11 is 0. The molecule has 0 fully saturated rings. The molecular weight excluding hydrogens is 1100 g/mol. The van der Waals surface area contributed by atoms with Crippen molar-refractivity contribution in [3.8, 4) is 34.5 Å². The van der Waals surface area contributed by atoms with Crippen LogP contribution in [-0.2, 0) is 52.2 Å². The van der Waals surface area contributed by atoms with Crippen LogP contribution < -0.4 is 41.8 Å². The zero-order chi connectivity index (χ0) is 59.8. The van der Waals surface area contributed by atoms with E-state index in [9.17, 15) is 28.4 Å². The van der Waals surface area contributed by atoms with Crippen molar-refractivity contribution in [2.75, 3.05) is 0 Å². The average Bonchev–Trinajstić information content (AvgIpc) is 3.67. The summed E-state index contributed by atoms with van der Waals surface area (Å²) in [6.07, 6.45) is 4.21. The third-order valence-corrected chi connectivity index (χ3v) is 17.9. The van der Waals surface area contributed by atoms with Crippen molar-refractivity contribution in [1.82, 2.24) is 0 Å². The SMILES string of the molecule is Cc1cc(C(C)C)cc2c1OP(=O)([O-])Oc1c(C)cc(C(C)C)cc1CC2.Cc1cc(C(C)C)cc2c1OP(=O)([O-])Oc1c(C)cc(C(C)C)cc1CC2.Cc1cc(C(C)C)cc2c1OP(=O)([O-])Oc1c(C)cc(C(C)C)cc1CC2.[Al+3]. The van der Waals surface area contributed by atoms with Gasteiger partial charge in [-0.25, -0.2) is 13.7 Å². The van der Waals surface area contributed by atoms with E-state index in [1.165, 1.54) is 33.4 Å². The molecule has 6 aromatic carbocycles. The Balaban J connectivity index is 0.000000197. The maximum atomic E-state index is 12.6. The van der Waals surface area contributed by atoms with Crippen LogP contribution in [0.25, 0.3) is 0 Å². The first-order valence-electron chi connectivity index (χ1n) is 28.6. The van der Waals surface area contributed by atoms with E-state index in [1.807, 2.05) is 77.9 Å². The van der Waals surface area contributed by atoms with Crippen LogP contribution >= 0.6 is 23.5 Å². The predicted octanol–water partition coefficient (Wildman–Crippen LogP) is 16.3. The molecule has 6 aromatic rings. The van der Waals surface area contributed by atoms with Crippen LogP contribution in [0.15, 0.2) is 72.8 Å². The Labute approximate surface area is 499 Å². The van der Waals surface area contributed by atoms with Gasteiger partial charge in [0.25, 0.3) is 0 Å². The molecule has 0 bridgehead atoms. The van der Waals surface area contributed by atoms with Crippen molar-refractivity contribution >= 4 is 40.8 Å². The van der Waals surface area contributed by atoms with Crippen molar-refractivity contribution in [3.63, 3.8) is 0 Å². The molecule has 0 amide bonds. The number of benzene rings is 6. The summed E-state index contributed by atoms with van der Waals surface area (Å²) in [5, 5.41) is 0. The van der Waals surface area contributed by atoms with Gasteiger partial charge in [0.2, 0.25) is 0 Å². The second-order valence-electron chi connectivity index (χ2n) is 24.3. The zero-order valence-corrected chi connectivity index (χ0v) is 55.3. The molecule has 0 radical (unpaired) electrons. The molecule has 0 saturated heterocycles. The van der Waals surface area contributed by atoms with E-state index in [1.54, 1.807) is 0 Å². The third kappa shape index (κ3) is 16.1. The fourth-order valence-electron chi connectivity index (χ4n) is 10.7. The Morgan fingerprint density at radius 2 is 0.402 bits per heavy atom. The fraction of sp³-hybridized carbons (Fsp3) is 0.455. The van der Waals surface area contributed by atoms with Gasteiger partial charge in [-0.05, 0) is 216 Å². The summed E-state index contributed by atoms with van der Waals surface area (Å²) in [4.78, 5) is 37.9. The van der Waals surface area contributed by atoms with Crippen LogP contribution in [0.5, 0.6) is 34.5 Å². The molecule has 0 aliphatic carbocycles. The van der Waals surface area contributed by atoms with Gasteiger partial charge in [0.05, 0.1) is 0 Å². The summed E-state index contributed by atoms with van der Waals surface area (Å²) in [6, 6.07) is 24.4. The molecule has 0 N–H and O–H groups in total. The maximum absolute atomic E-state index is 12.6. The number of rotatable bonds is 6. The quantitative estimate of drug-likeness (QED) is 0.114. The van der Waals surface area contributed by atoms with E-state index in [0.717, 1.165) is 66.8 Å². The molecule has 0 atom stereocenters. The fourth-order valence-corrected chi connectivity index (χ4v) is 13.7. The smallest absolute Gasteiger partial charge is 0.736 e. The van der Waals surface area contributed by atoms with Crippen molar-refractivity contribution in [3.05, 3.63) is 173 Å². The summed E-state index contributed by atoms with van der Waals surface area (Å²) in [5.41, 5.74) is 17.5. The molecular formula is C66H84AlO12P3. The minimum Gasteiger partial charge on any atom is -0.736 e. The minimum absolute atomic E-state index is 0. The van der Waals surface area contributed by atoms with E-state index in [4.69, 9.17) is 27.1 Å². The van der Waals surface area contributed by atoms with Crippen LogP contribution in [0.2, 0.25) is 0 Å². The molecule has 3 aliphatic heterocycles. The number of hydrogen-bond acceptors (Lipinski definition) is 12. The Bertz CT molecular complexity index is 2900. The Morgan fingerprint density at radius 1 is 0.280 bits per heavy atom. The largest absolute Gasteiger partial charge is 3.00 e. The molecule has 0 spiro atoms. The van der Waals surface area contributed by atoms with E-state index in [2.05, 4.69) is 119 Å². The van der Waals surface area contributed by atoms with Crippen molar-refractivity contribution in [2.45, 2.75) is 199 Å². The first-order valence-corrected chi connectivity index (χ1v) is 33.0. The van der Waals surface area contributed by atoms with Crippen molar-refractivity contribution in [2.24, 2.45) is 0 Å². The van der Waals surface area contributed by atoms with Crippen molar-refractivity contribution < 1.29 is 55.5 Å². The van der Waals surface area contributed by atoms with Gasteiger partial charge in [0, 0.05) is 0 Å². The predicted molar refractivity (Wildman–Crippen MR) is 326 cm³/mol. The first-order chi connectivity index (χ1) is 37.7. The number of phosphoric acid groups is 3. The molecule has 82 heavy (non-hydrogen) atoms.